The van der Waals surface area contributed by atoms with E-state index in [1.807, 2.05) is 48.5 Å². The molecular weight excluding hydrogens is 438 g/mol. The van der Waals surface area contributed by atoms with Crippen molar-refractivity contribution in [3.05, 3.63) is 58.0 Å². The third-order valence-corrected chi connectivity index (χ3v) is 5.53. The maximum atomic E-state index is 6.07. The Morgan fingerprint density at radius 1 is 0.929 bits per heavy atom. The number of piperazine rings is 1. The van der Waals surface area contributed by atoms with Crippen LogP contribution in [-0.4, -0.2) is 40.4 Å². The van der Waals surface area contributed by atoms with Crippen LogP contribution in [0.15, 0.2) is 53.0 Å². The molecular formula is C21H21BrClN5. The lowest BCUT2D eigenvalue weighted by Crippen LogP contribution is -2.54. The molecule has 0 amide bonds. The average Bonchev–Trinajstić information content (AvgIpc) is 2.68. The second-order valence-corrected chi connectivity index (χ2v) is 8.55. The zero-order chi connectivity index (χ0) is 19.7. The van der Waals surface area contributed by atoms with E-state index < -0.39 is 0 Å². The van der Waals surface area contributed by atoms with Gasteiger partial charge in [0.15, 0.2) is 11.6 Å². The first-order chi connectivity index (χ1) is 13.5. The molecule has 2 aromatic carbocycles. The maximum Gasteiger partial charge on any atom is 0.183 e. The summed E-state index contributed by atoms with van der Waals surface area (Å²) in [4.78, 5) is 7.24. The van der Waals surface area contributed by atoms with Gasteiger partial charge in [-0.25, -0.2) is 4.98 Å². The maximum absolute atomic E-state index is 6.07. The molecule has 1 aliphatic heterocycles. The fourth-order valence-corrected chi connectivity index (χ4v) is 3.94. The van der Waals surface area contributed by atoms with Gasteiger partial charge in [-0.1, -0.05) is 51.8 Å². The van der Waals surface area contributed by atoms with Crippen LogP contribution in [0, 0.1) is 0 Å². The number of nitrogens with zero attached hydrogens (tertiary/aromatic N) is 4. The van der Waals surface area contributed by atoms with Crippen molar-refractivity contribution in [2.24, 2.45) is 0 Å². The highest BCUT2D eigenvalue weighted by molar-refractivity contribution is 9.10. The van der Waals surface area contributed by atoms with Crippen LogP contribution in [0.2, 0.25) is 5.02 Å². The van der Waals surface area contributed by atoms with E-state index >= 15 is 0 Å². The van der Waals surface area contributed by atoms with Crippen molar-refractivity contribution < 1.29 is 0 Å². The van der Waals surface area contributed by atoms with Crippen molar-refractivity contribution in [3.8, 4) is 22.6 Å². The quantitative estimate of drug-likeness (QED) is 0.610. The molecule has 0 saturated carbocycles. The first-order valence-electron chi connectivity index (χ1n) is 9.27. The third-order valence-electron chi connectivity index (χ3n) is 4.75. The Hall–Kier alpha value is -2.02. The number of benzene rings is 2. The molecule has 2 heterocycles. The molecule has 0 spiro atoms. The number of nitrogens with one attached hydrogen (secondary N) is 1. The summed E-state index contributed by atoms with van der Waals surface area (Å²) in [5.74, 6) is 1.48. The molecule has 1 fully saturated rings. The van der Waals surface area contributed by atoms with Crippen LogP contribution in [-0.2, 0) is 0 Å². The Kier molecular flexibility index (Phi) is 5.62. The van der Waals surface area contributed by atoms with Gasteiger partial charge in [-0.2, -0.15) is 0 Å². The van der Waals surface area contributed by atoms with Gasteiger partial charge >= 0.3 is 0 Å². The van der Waals surface area contributed by atoms with Crippen molar-refractivity contribution in [3.63, 3.8) is 0 Å². The molecule has 1 aliphatic rings. The number of anilines is 1. The molecule has 0 radical (unpaired) electrons. The van der Waals surface area contributed by atoms with Gasteiger partial charge in [-0.3, -0.25) is 0 Å². The summed E-state index contributed by atoms with van der Waals surface area (Å²) in [6, 6.07) is 16.4. The second kappa shape index (κ2) is 8.15. The summed E-state index contributed by atoms with van der Waals surface area (Å²) in [6.07, 6.45) is 0. The summed E-state index contributed by atoms with van der Waals surface area (Å²) in [5.41, 5.74) is 2.68. The van der Waals surface area contributed by atoms with Crippen molar-refractivity contribution in [2.75, 3.05) is 18.0 Å². The van der Waals surface area contributed by atoms with Gasteiger partial charge < -0.3 is 10.2 Å². The van der Waals surface area contributed by atoms with Gasteiger partial charge in [0, 0.05) is 45.8 Å². The van der Waals surface area contributed by atoms with Crippen LogP contribution in [0.4, 0.5) is 5.82 Å². The standard InChI is InChI=1S/C21H21BrClN5/c1-13-11-28(12-14(2)24-13)21-19(15-5-9-18(23)10-6-15)26-27-20(25-21)16-3-7-17(22)8-4-16/h3-10,13-14,24H,11-12H2,1-2H3/t13-,14-/m1/s1. The SMILES string of the molecule is C[C@@H]1CN(c2nc(-c3ccc(Br)cc3)nnc2-c2ccc(Cl)cc2)C[C@@H](C)N1. The lowest BCUT2D eigenvalue weighted by atomic mass is 10.1. The van der Waals surface area contributed by atoms with E-state index in [1.54, 1.807) is 0 Å². The first-order valence-corrected chi connectivity index (χ1v) is 10.4. The van der Waals surface area contributed by atoms with Crippen LogP contribution < -0.4 is 10.2 Å². The summed E-state index contributed by atoms with van der Waals surface area (Å²) in [7, 11) is 0. The van der Waals surface area contributed by atoms with E-state index in [1.165, 1.54) is 0 Å². The molecule has 3 aromatic rings. The Labute approximate surface area is 178 Å². The van der Waals surface area contributed by atoms with Crippen LogP contribution in [0.5, 0.6) is 0 Å². The molecule has 1 aromatic heterocycles. The van der Waals surface area contributed by atoms with Gasteiger partial charge in [0.25, 0.3) is 0 Å². The molecule has 0 aliphatic carbocycles. The smallest absolute Gasteiger partial charge is 0.183 e. The fraction of sp³-hybridized carbons (Fsp3) is 0.286. The van der Waals surface area contributed by atoms with E-state index in [9.17, 15) is 0 Å². The fourth-order valence-electron chi connectivity index (χ4n) is 3.55. The van der Waals surface area contributed by atoms with Gasteiger partial charge in [-0.15, -0.1) is 10.2 Å². The van der Waals surface area contributed by atoms with Gasteiger partial charge in [0.2, 0.25) is 0 Å². The highest BCUT2D eigenvalue weighted by atomic mass is 79.9. The highest BCUT2D eigenvalue weighted by Crippen LogP contribution is 2.31. The van der Waals surface area contributed by atoms with E-state index in [-0.39, 0.29) is 0 Å². The minimum Gasteiger partial charge on any atom is -0.352 e. The van der Waals surface area contributed by atoms with Crippen molar-refractivity contribution in [1.29, 1.82) is 0 Å². The van der Waals surface area contributed by atoms with Crippen LogP contribution in [0.3, 0.4) is 0 Å². The number of aromatic nitrogens is 3. The van der Waals surface area contributed by atoms with E-state index in [0.717, 1.165) is 40.2 Å². The van der Waals surface area contributed by atoms with Gasteiger partial charge in [-0.05, 0) is 38.1 Å². The van der Waals surface area contributed by atoms with Crippen LogP contribution in [0.25, 0.3) is 22.6 Å². The molecule has 28 heavy (non-hydrogen) atoms. The Balaban J connectivity index is 1.81. The zero-order valence-electron chi connectivity index (χ0n) is 15.7. The summed E-state index contributed by atoms with van der Waals surface area (Å²) in [5, 5.41) is 13.3. The first kappa shape index (κ1) is 19.3. The van der Waals surface area contributed by atoms with Crippen molar-refractivity contribution in [2.45, 2.75) is 25.9 Å². The van der Waals surface area contributed by atoms with Crippen molar-refractivity contribution >= 4 is 33.3 Å². The largest absolute Gasteiger partial charge is 0.352 e. The Bertz CT molecular complexity index is 952. The predicted molar refractivity (Wildman–Crippen MR) is 118 cm³/mol. The lowest BCUT2D eigenvalue weighted by molar-refractivity contribution is 0.405. The Morgan fingerprint density at radius 2 is 1.54 bits per heavy atom. The molecule has 7 heteroatoms. The minimum absolute atomic E-state index is 0.368. The normalized spacial score (nSPS) is 19.6. The summed E-state index contributed by atoms with van der Waals surface area (Å²) >= 11 is 9.54. The number of hydrogen-bond acceptors (Lipinski definition) is 5. The molecule has 0 unspecified atom stereocenters. The van der Waals surface area contributed by atoms with Crippen LogP contribution in [0.1, 0.15) is 13.8 Å². The summed E-state index contributed by atoms with van der Waals surface area (Å²) < 4.78 is 1.02. The van der Waals surface area contributed by atoms with E-state index in [4.69, 9.17) is 16.6 Å². The average molecular weight is 459 g/mol. The van der Waals surface area contributed by atoms with Crippen molar-refractivity contribution in [1.82, 2.24) is 20.5 Å². The number of rotatable bonds is 3. The minimum atomic E-state index is 0.368. The topological polar surface area (TPSA) is 53.9 Å². The van der Waals surface area contributed by atoms with Gasteiger partial charge in [0.1, 0.15) is 5.69 Å². The molecule has 1 N–H and O–H groups in total. The van der Waals surface area contributed by atoms with Crippen LogP contribution >= 0.6 is 27.5 Å². The Morgan fingerprint density at radius 3 is 2.18 bits per heavy atom. The zero-order valence-corrected chi connectivity index (χ0v) is 18.1. The monoisotopic (exact) mass is 457 g/mol. The number of halogens is 2. The molecule has 144 valence electrons. The van der Waals surface area contributed by atoms with E-state index in [2.05, 4.69) is 50.2 Å². The molecule has 0 bridgehead atoms. The predicted octanol–water partition coefficient (Wildman–Crippen LogP) is 4.81. The molecule has 1 saturated heterocycles. The lowest BCUT2D eigenvalue weighted by Gasteiger charge is -2.37. The van der Waals surface area contributed by atoms with Gasteiger partial charge in [0.05, 0.1) is 0 Å². The highest BCUT2D eigenvalue weighted by Gasteiger charge is 2.26. The number of hydrogen-bond donors (Lipinski definition) is 1. The molecule has 4 rings (SSSR count). The van der Waals surface area contributed by atoms with E-state index in [0.29, 0.717) is 22.9 Å². The second-order valence-electron chi connectivity index (χ2n) is 7.20. The molecule has 2 atom stereocenters. The third kappa shape index (κ3) is 4.19. The molecule has 5 nitrogen and oxygen atoms in total. The summed E-state index contributed by atoms with van der Waals surface area (Å²) in [6.45, 7) is 6.11.